The van der Waals surface area contributed by atoms with Crippen LogP contribution in [0.2, 0.25) is 0 Å². The van der Waals surface area contributed by atoms with E-state index in [2.05, 4.69) is 15.6 Å². The number of aromatic nitrogens is 1. The summed E-state index contributed by atoms with van der Waals surface area (Å²) in [5.74, 6) is 0.690. The lowest BCUT2D eigenvalue weighted by Gasteiger charge is -2.29. The Morgan fingerprint density at radius 2 is 1.97 bits per heavy atom. The van der Waals surface area contributed by atoms with E-state index in [4.69, 9.17) is 0 Å². The van der Waals surface area contributed by atoms with Gasteiger partial charge in [0.25, 0.3) is 5.91 Å². The third-order valence-corrected chi connectivity index (χ3v) is 5.25. The van der Waals surface area contributed by atoms with Gasteiger partial charge in [0.2, 0.25) is 5.91 Å². The molecule has 0 saturated heterocycles. The lowest BCUT2D eigenvalue weighted by Crippen LogP contribution is -2.41. The third kappa shape index (κ3) is 4.55. The van der Waals surface area contributed by atoms with Crippen molar-refractivity contribution in [1.29, 1.82) is 0 Å². The number of anilines is 2. The number of rotatable bonds is 6. The normalized spacial score (nSPS) is 16.1. The highest BCUT2D eigenvalue weighted by Gasteiger charge is 2.32. The van der Waals surface area contributed by atoms with Gasteiger partial charge in [-0.05, 0) is 48.9 Å². The Labute approximate surface area is 171 Å². The molecule has 9 heteroatoms. The number of nitrogens with one attached hydrogen (secondary N) is 2. The first kappa shape index (κ1) is 20.2. The Kier molecular flexibility index (Phi) is 5.36. The number of nitrogens with zero attached hydrogens (tertiary/aromatic N) is 2. The molecule has 2 N–H and O–H groups in total. The van der Waals surface area contributed by atoms with Crippen LogP contribution in [0, 0.1) is 5.92 Å². The molecule has 1 aromatic heterocycles. The molecule has 1 saturated carbocycles. The quantitative estimate of drug-likeness (QED) is 0.756. The number of hydrogen-bond acceptors (Lipinski definition) is 4. The number of carbonyl (C=O) groups excluding carboxylic acids is 2. The molecular weight excluding hydrogens is 397 g/mol. The zero-order valence-electron chi connectivity index (χ0n) is 16.1. The number of benzene rings is 1. The van der Waals surface area contributed by atoms with Gasteiger partial charge in [-0.2, -0.15) is 13.2 Å². The predicted molar refractivity (Wildman–Crippen MR) is 105 cm³/mol. The van der Waals surface area contributed by atoms with Crippen molar-refractivity contribution >= 4 is 23.3 Å². The van der Waals surface area contributed by atoms with Gasteiger partial charge in [0.15, 0.2) is 0 Å². The van der Waals surface area contributed by atoms with Crippen molar-refractivity contribution in [2.24, 2.45) is 5.92 Å². The van der Waals surface area contributed by atoms with E-state index in [1.165, 1.54) is 18.3 Å². The minimum absolute atomic E-state index is 0.0453. The van der Waals surface area contributed by atoms with Gasteiger partial charge in [-0.1, -0.05) is 12.1 Å². The second kappa shape index (κ2) is 7.97. The van der Waals surface area contributed by atoms with Crippen LogP contribution in [-0.4, -0.2) is 36.4 Å². The van der Waals surface area contributed by atoms with Crippen molar-refractivity contribution in [2.45, 2.75) is 25.4 Å². The molecule has 2 heterocycles. The Balaban J connectivity index is 1.38. The Hall–Kier alpha value is -3.10. The minimum atomic E-state index is -4.37. The molecule has 2 aliphatic rings. The molecule has 30 heavy (non-hydrogen) atoms. The second-order valence-electron chi connectivity index (χ2n) is 7.59. The smallest absolute Gasteiger partial charge is 0.359 e. The summed E-state index contributed by atoms with van der Waals surface area (Å²) >= 11 is 0. The lowest BCUT2D eigenvalue weighted by molar-refractivity contribution is -0.137. The summed E-state index contributed by atoms with van der Waals surface area (Å²) in [7, 11) is 0. The summed E-state index contributed by atoms with van der Waals surface area (Å²) < 4.78 is 37.9. The Bertz CT molecular complexity index is 956. The fourth-order valence-electron chi connectivity index (χ4n) is 3.35. The van der Waals surface area contributed by atoms with Crippen LogP contribution in [-0.2, 0) is 17.4 Å². The Morgan fingerprint density at radius 1 is 1.23 bits per heavy atom. The number of amides is 2. The van der Waals surface area contributed by atoms with Gasteiger partial charge in [0.05, 0.1) is 23.4 Å². The topological polar surface area (TPSA) is 74.3 Å². The van der Waals surface area contributed by atoms with Crippen molar-refractivity contribution in [3.8, 4) is 0 Å². The molecule has 0 spiro atoms. The molecule has 1 aromatic carbocycles. The van der Waals surface area contributed by atoms with Crippen molar-refractivity contribution < 1.29 is 22.8 Å². The Morgan fingerprint density at radius 3 is 2.63 bits per heavy atom. The zero-order valence-corrected chi connectivity index (χ0v) is 16.1. The third-order valence-electron chi connectivity index (χ3n) is 5.25. The van der Waals surface area contributed by atoms with Gasteiger partial charge in [0, 0.05) is 19.3 Å². The second-order valence-corrected chi connectivity index (χ2v) is 7.59. The average Bonchev–Trinajstić information content (AvgIpc) is 3.54. The summed E-state index contributed by atoms with van der Waals surface area (Å²) in [6.07, 6.45) is -0.315. The average molecular weight is 418 g/mol. The highest BCUT2D eigenvalue weighted by molar-refractivity contribution is 6.04. The van der Waals surface area contributed by atoms with E-state index < -0.39 is 11.7 Å². The van der Waals surface area contributed by atoms with E-state index in [-0.39, 0.29) is 24.9 Å². The number of alkyl halides is 3. The zero-order chi connectivity index (χ0) is 21.3. The van der Waals surface area contributed by atoms with E-state index >= 15 is 0 Å². The van der Waals surface area contributed by atoms with Crippen LogP contribution in [0.4, 0.5) is 24.7 Å². The van der Waals surface area contributed by atoms with E-state index in [1.54, 1.807) is 11.0 Å². The van der Waals surface area contributed by atoms with E-state index in [1.807, 2.05) is 0 Å². The van der Waals surface area contributed by atoms with Crippen molar-refractivity contribution in [2.75, 3.05) is 29.9 Å². The molecule has 6 nitrogen and oxygen atoms in total. The van der Waals surface area contributed by atoms with Crippen LogP contribution in [0.5, 0.6) is 0 Å². The number of carbonyl (C=O) groups is 2. The summed E-state index contributed by atoms with van der Waals surface area (Å²) in [5.41, 5.74) is 0.929. The van der Waals surface area contributed by atoms with Gasteiger partial charge >= 0.3 is 6.18 Å². The monoisotopic (exact) mass is 418 g/mol. The molecule has 0 unspecified atom stereocenters. The van der Waals surface area contributed by atoms with Gasteiger partial charge in [-0.15, -0.1) is 0 Å². The minimum Gasteiger partial charge on any atom is -0.359 e. The largest absolute Gasteiger partial charge is 0.416 e. The van der Waals surface area contributed by atoms with Crippen LogP contribution in [0.15, 0.2) is 36.5 Å². The van der Waals surface area contributed by atoms with Gasteiger partial charge in [0.1, 0.15) is 5.82 Å². The first-order chi connectivity index (χ1) is 14.3. The number of pyridine rings is 1. The van der Waals surface area contributed by atoms with Crippen LogP contribution >= 0.6 is 0 Å². The molecule has 158 valence electrons. The highest BCUT2D eigenvalue weighted by atomic mass is 19.4. The van der Waals surface area contributed by atoms with E-state index in [0.29, 0.717) is 41.5 Å². The first-order valence-electron chi connectivity index (χ1n) is 9.80. The van der Waals surface area contributed by atoms with Crippen molar-refractivity contribution in [3.63, 3.8) is 0 Å². The summed E-state index contributed by atoms with van der Waals surface area (Å²) in [4.78, 5) is 30.8. The summed E-state index contributed by atoms with van der Waals surface area (Å²) in [5, 5.41) is 5.72. The molecule has 1 fully saturated rings. The summed E-state index contributed by atoms with van der Waals surface area (Å²) in [6, 6.07) is 6.53. The van der Waals surface area contributed by atoms with E-state index in [0.717, 1.165) is 25.0 Å². The molecule has 0 bridgehead atoms. The van der Waals surface area contributed by atoms with Crippen LogP contribution in [0.3, 0.4) is 0 Å². The van der Waals surface area contributed by atoms with Crippen LogP contribution < -0.4 is 15.5 Å². The summed E-state index contributed by atoms with van der Waals surface area (Å²) in [6.45, 7) is 1.09. The standard InChI is InChI=1S/C21H21F3N4O2/c22-21(23,24)16-5-3-13(4-6-16)7-8-25-20(30)15-9-17-19(26-10-15)27-11-18(29)28(17)12-14-1-2-14/h3-6,9-10,14H,1-2,7-8,11-12H2,(H,25,30)(H,26,27). The van der Waals surface area contributed by atoms with E-state index in [9.17, 15) is 22.8 Å². The number of fused-ring (bicyclic) bond motifs is 1. The first-order valence-corrected chi connectivity index (χ1v) is 9.80. The van der Waals surface area contributed by atoms with Crippen molar-refractivity contribution in [1.82, 2.24) is 10.3 Å². The molecule has 2 amide bonds. The fraction of sp³-hybridized carbons (Fsp3) is 0.381. The van der Waals surface area contributed by atoms with Gasteiger partial charge in [-0.3, -0.25) is 9.59 Å². The van der Waals surface area contributed by atoms with Gasteiger partial charge in [-0.25, -0.2) is 4.98 Å². The number of hydrogen-bond donors (Lipinski definition) is 2. The van der Waals surface area contributed by atoms with Crippen LogP contribution in [0.1, 0.15) is 34.3 Å². The molecule has 0 radical (unpaired) electrons. The molecule has 2 aromatic rings. The molecule has 1 aliphatic heterocycles. The SMILES string of the molecule is O=C(NCCc1ccc(C(F)(F)F)cc1)c1cnc2c(c1)N(CC1CC1)C(=O)CN2. The van der Waals surface area contributed by atoms with Crippen LogP contribution in [0.25, 0.3) is 0 Å². The lowest BCUT2D eigenvalue weighted by atomic mass is 10.1. The maximum Gasteiger partial charge on any atom is 0.416 e. The number of halogens is 3. The molecule has 1 aliphatic carbocycles. The maximum absolute atomic E-state index is 12.6. The predicted octanol–water partition coefficient (Wildman–Crippen LogP) is 3.24. The highest BCUT2D eigenvalue weighted by Crippen LogP contribution is 2.35. The van der Waals surface area contributed by atoms with Gasteiger partial charge < -0.3 is 15.5 Å². The molecule has 4 rings (SSSR count). The van der Waals surface area contributed by atoms with Crippen molar-refractivity contribution in [3.05, 3.63) is 53.2 Å². The molecular formula is C21H21F3N4O2. The molecule has 0 atom stereocenters. The fourth-order valence-corrected chi connectivity index (χ4v) is 3.35. The maximum atomic E-state index is 12.6.